The van der Waals surface area contributed by atoms with Crippen LogP contribution in [0, 0.1) is 0 Å². The Morgan fingerprint density at radius 2 is 1.86 bits per heavy atom. The van der Waals surface area contributed by atoms with Gasteiger partial charge in [0.05, 0.1) is 18.2 Å². The van der Waals surface area contributed by atoms with Gasteiger partial charge in [-0.25, -0.2) is 0 Å². The minimum Gasteiger partial charge on any atom is -0.494 e. The Bertz CT molecular complexity index is 918. The van der Waals surface area contributed by atoms with Crippen LogP contribution < -0.4 is 14.8 Å². The molecule has 2 aromatic heterocycles. The highest BCUT2D eigenvalue weighted by molar-refractivity contribution is 6.31. The third-order valence-electron chi connectivity index (χ3n) is 3.93. The quantitative estimate of drug-likeness (QED) is 0.583. The molecule has 28 heavy (non-hydrogen) atoms. The zero-order valence-electron chi connectivity index (χ0n) is 15.8. The molecule has 0 aliphatic carbocycles. The van der Waals surface area contributed by atoms with E-state index < -0.39 is 0 Å². The highest BCUT2D eigenvalue weighted by Crippen LogP contribution is 2.19. The summed E-state index contributed by atoms with van der Waals surface area (Å²) < 4.78 is 18.3. The van der Waals surface area contributed by atoms with Crippen molar-refractivity contribution in [3.63, 3.8) is 0 Å². The van der Waals surface area contributed by atoms with Gasteiger partial charge < -0.3 is 19.2 Å². The number of amides is 1. The second-order valence-corrected chi connectivity index (χ2v) is 6.33. The van der Waals surface area contributed by atoms with E-state index in [-0.39, 0.29) is 24.8 Å². The van der Waals surface area contributed by atoms with Crippen LogP contribution in [0.3, 0.4) is 0 Å². The van der Waals surface area contributed by atoms with E-state index in [1.165, 1.54) is 0 Å². The molecule has 3 aromatic rings. The largest absolute Gasteiger partial charge is 0.494 e. The topological polar surface area (TPSA) is 78.5 Å². The van der Waals surface area contributed by atoms with E-state index in [1.807, 2.05) is 38.1 Å². The Morgan fingerprint density at radius 3 is 2.50 bits per heavy atom. The normalized spacial score (nSPS) is 10.7. The van der Waals surface area contributed by atoms with E-state index in [4.69, 9.17) is 25.5 Å². The lowest BCUT2D eigenvalue weighted by Gasteiger charge is -2.06. The summed E-state index contributed by atoms with van der Waals surface area (Å²) in [5.41, 5.74) is 0.613. The van der Waals surface area contributed by atoms with Crippen molar-refractivity contribution in [1.29, 1.82) is 0 Å². The van der Waals surface area contributed by atoms with Crippen LogP contribution in [-0.2, 0) is 19.7 Å². The van der Waals surface area contributed by atoms with Crippen LogP contribution >= 0.6 is 11.6 Å². The SMILES string of the molecule is CCOc1ccc(OCc2ccc(C(=O)NCc3nn(CC)cc3Cl)o2)cc1. The Labute approximate surface area is 168 Å². The summed E-state index contributed by atoms with van der Waals surface area (Å²) in [6.07, 6.45) is 1.73. The third-order valence-corrected chi connectivity index (χ3v) is 4.24. The van der Waals surface area contributed by atoms with E-state index in [0.29, 0.717) is 35.4 Å². The van der Waals surface area contributed by atoms with Crippen LogP contribution in [-0.4, -0.2) is 22.3 Å². The maximum atomic E-state index is 12.3. The Hall–Kier alpha value is -2.93. The van der Waals surface area contributed by atoms with Crippen molar-refractivity contribution in [1.82, 2.24) is 15.1 Å². The van der Waals surface area contributed by atoms with E-state index in [1.54, 1.807) is 23.0 Å². The fourth-order valence-corrected chi connectivity index (χ4v) is 2.72. The fourth-order valence-electron chi connectivity index (χ4n) is 2.50. The molecule has 0 unspecified atom stereocenters. The Kier molecular flexibility index (Phi) is 6.60. The first-order chi connectivity index (χ1) is 13.6. The minimum absolute atomic E-state index is 0.205. The first-order valence-electron chi connectivity index (χ1n) is 9.03. The maximum absolute atomic E-state index is 12.3. The predicted molar refractivity (Wildman–Crippen MR) is 105 cm³/mol. The number of carbonyl (C=O) groups excluding carboxylic acids is 1. The molecule has 0 fully saturated rings. The highest BCUT2D eigenvalue weighted by Gasteiger charge is 2.13. The van der Waals surface area contributed by atoms with E-state index in [9.17, 15) is 4.79 Å². The lowest BCUT2D eigenvalue weighted by Crippen LogP contribution is -2.22. The van der Waals surface area contributed by atoms with Crippen LogP contribution in [0.15, 0.2) is 47.0 Å². The van der Waals surface area contributed by atoms with Crippen molar-refractivity contribution in [2.75, 3.05) is 6.61 Å². The minimum atomic E-state index is -0.338. The second-order valence-electron chi connectivity index (χ2n) is 5.92. The van der Waals surface area contributed by atoms with Crippen LogP contribution in [0.25, 0.3) is 0 Å². The van der Waals surface area contributed by atoms with Gasteiger partial charge in [-0.2, -0.15) is 5.10 Å². The molecule has 7 nitrogen and oxygen atoms in total. The van der Waals surface area contributed by atoms with Crippen molar-refractivity contribution < 1.29 is 18.7 Å². The molecule has 0 bridgehead atoms. The van der Waals surface area contributed by atoms with Crippen LogP contribution in [0.1, 0.15) is 35.9 Å². The number of ether oxygens (including phenoxy) is 2. The number of benzene rings is 1. The number of halogens is 1. The van der Waals surface area contributed by atoms with Gasteiger partial charge in [-0.05, 0) is 50.2 Å². The standard InChI is InChI=1S/C20H22ClN3O4/c1-3-24-12-17(21)18(23-24)11-22-20(25)19-10-9-16(28-19)13-27-15-7-5-14(6-8-15)26-4-2/h5-10,12H,3-4,11,13H2,1-2H3,(H,22,25). The molecular weight excluding hydrogens is 382 g/mol. The van der Waals surface area contributed by atoms with Crippen molar-refractivity contribution >= 4 is 17.5 Å². The molecule has 0 atom stereocenters. The highest BCUT2D eigenvalue weighted by atomic mass is 35.5. The molecule has 0 saturated heterocycles. The molecule has 1 amide bonds. The number of hydrogen-bond donors (Lipinski definition) is 1. The van der Waals surface area contributed by atoms with Crippen molar-refractivity contribution in [3.8, 4) is 11.5 Å². The second kappa shape index (κ2) is 9.32. The molecule has 0 radical (unpaired) electrons. The fraction of sp³-hybridized carbons (Fsp3) is 0.300. The van der Waals surface area contributed by atoms with E-state index in [2.05, 4.69) is 10.4 Å². The van der Waals surface area contributed by atoms with E-state index >= 15 is 0 Å². The van der Waals surface area contributed by atoms with Gasteiger partial charge in [0.15, 0.2) is 5.76 Å². The van der Waals surface area contributed by atoms with Crippen molar-refractivity contribution in [2.24, 2.45) is 0 Å². The lowest BCUT2D eigenvalue weighted by atomic mass is 10.3. The molecule has 148 valence electrons. The maximum Gasteiger partial charge on any atom is 0.287 e. The van der Waals surface area contributed by atoms with Crippen LogP contribution in [0.2, 0.25) is 5.02 Å². The zero-order chi connectivity index (χ0) is 19.9. The lowest BCUT2D eigenvalue weighted by molar-refractivity contribution is 0.0918. The number of hydrogen-bond acceptors (Lipinski definition) is 5. The molecule has 8 heteroatoms. The zero-order valence-corrected chi connectivity index (χ0v) is 16.5. The number of nitrogens with one attached hydrogen (secondary N) is 1. The van der Waals surface area contributed by atoms with Gasteiger partial charge in [-0.1, -0.05) is 11.6 Å². The molecular formula is C20H22ClN3O4. The average Bonchev–Trinajstić information content (AvgIpc) is 3.32. The van der Waals surface area contributed by atoms with Gasteiger partial charge in [0.25, 0.3) is 5.91 Å². The number of nitrogens with zero attached hydrogens (tertiary/aromatic N) is 2. The van der Waals surface area contributed by atoms with Crippen LogP contribution in [0.4, 0.5) is 0 Å². The van der Waals surface area contributed by atoms with Gasteiger partial charge in [0.2, 0.25) is 0 Å². The van der Waals surface area contributed by atoms with Crippen molar-refractivity contribution in [2.45, 2.75) is 33.5 Å². The summed E-state index contributed by atoms with van der Waals surface area (Å²) in [7, 11) is 0. The first-order valence-corrected chi connectivity index (χ1v) is 9.41. The van der Waals surface area contributed by atoms with Gasteiger partial charge in [-0.15, -0.1) is 0 Å². The summed E-state index contributed by atoms with van der Waals surface area (Å²) in [5.74, 6) is 1.89. The first kappa shape index (κ1) is 19.8. The molecule has 2 heterocycles. The number of aromatic nitrogens is 2. The van der Waals surface area contributed by atoms with E-state index in [0.717, 1.165) is 5.75 Å². The summed E-state index contributed by atoms with van der Waals surface area (Å²) in [4.78, 5) is 12.3. The summed E-state index contributed by atoms with van der Waals surface area (Å²) in [5, 5.41) is 7.56. The van der Waals surface area contributed by atoms with Gasteiger partial charge in [0.1, 0.15) is 29.6 Å². The van der Waals surface area contributed by atoms with Crippen LogP contribution in [0.5, 0.6) is 11.5 Å². The molecule has 1 aromatic carbocycles. The average molecular weight is 404 g/mol. The number of rotatable bonds is 9. The predicted octanol–water partition coefficient (Wildman–Crippen LogP) is 4.06. The number of aryl methyl sites for hydroxylation is 1. The summed E-state index contributed by atoms with van der Waals surface area (Å²) in [6, 6.07) is 10.6. The molecule has 1 N–H and O–H groups in total. The summed E-state index contributed by atoms with van der Waals surface area (Å²) in [6.45, 7) is 5.66. The molecule has 0 aliphatic rings. The molecule has 0 spiro atoms. The van der Waals surface area contributed by atoms with Gasteiger partial charge in [0, 0.05) is 12.7 Å². The number of carbonyl (C=O) groups is 1. The molecule has 0 aliphatic heterocycles. The van der Waals surface area contributed by atoms with Gasteiger partial charge >= 0.3 is 0 Å². The molecule has 0 saturated carbocycles. The smallest absolute Gasteiger partial charge is 0.287 e. The van der Waals surface area contributed by atoms with Crippen molar-refractivity contribution in [3.05, 3.63) is 64.8 Å². The Balaban J connectivity index is 1.51. The molecule has 3 rings (SSSR count). The van der Waals surface area contributed by atoms with Gasteiger partial charge in [-0.3, -0.25) is 9.48 Å². The Morgan fingerprint density at radius 1 is 1.14 bits per heavy atom. The number of furan rings is 1. The monoisotopic (exact) mass is 403 g/mol. The third kappa shape index (κ3) is 5.07. The summed E-state index contributed by atoms with van der Waals surface area (Å²) >= 11 is 6.10.